The molecule has 1 heterocycles. The van der Waals surface area contributed by atoms with Gasteiger partial charge in [-0.05, 0) is 5.56 Å². The summed E-state index contributed by atoms with van der Waals surface area (Å²) in [6.45, 7) is 5.10. The second kappa shape index (κ2) is 15.4. The first kappa shape index (κ1) is 33.6. The first-order chi connectivity index (χ1) is 19.3. The monoisotopic (exact) mass is 597 g/mol. The van der Waals surface area contributed by atoms with Crippen LogP contribution in [0.1, 0.15) is 46.6 Å². The second-order valence-corrected chi connectivity index (χ2v) is 10.4. The normalized spacial score (nSPS) is 23.2. The van der Waals surface area contributed by atoms with E-state index in [1.54, 1.807) is 0 Å². The lowest BCUT2D eigenvalue weighted by Gasteiger charge is -2.48. The summed E-state index contributed by atoms with van der Waals surface area (Å²) in [5.74, 6) is -4.23. The molecule has 13 nitrogen and oxygen atoms in total. The van der Waals surface area contributed by atoms with Gasteiger partial charge >= 0.3 is 29.8 Å². The van der Waals surface area contributed by atoms with E-state index in [1.165, 1.54) is 6.92 Å². The minimum Gasteiger partial charge on any atom is -0.466 e. The summed E-state index contributed by atoms with van der Waals surface area (Å²) in [5.41, 5.74) is 0.832. The molecule has 6 atom stereocenters. The van der Waals surface area contributed by atoms with E-state index in [1.807, 2.05) is 30.3 Å². The van der Waals surface area contributed by atoms with Crippen LogP contribution in [0.2, 0.25) is 0 Å². The highest BCUT2D eigenvalue weighted by molar-refractivity contribution is 8.00. The fourth-order valence-corrected chi connectivity index (χ4v) is 5.58. The summed E-state index contributed by atoms with van der Waals surface area (Å²) in [7, 11) is 1.15. The zero-order valence-corrected chi connectivity index (χ0v) is 24.5. The molecule has 1 fully saturated rings. The predicted octanol–water partition coefficient (Wildman–Crippen LogP) is 1.44. The largest absolute Gasteiger partial charge is 0.466 e. The molecular formula is C27H35NO12S. The van der Waals surface area contributed by atoms with Crippen molar-refractivity contribution in [3.8, 4) is 0 Å². The van der Waals surface area contributed by atoms with Gasteiger partial charge in [-0.2, -0.15) is 0 Å². The molecule has 41 heavy (non-hydrogen) atoms. The topological polar surface area (TPSA) is 170 Å². The molecule has 1 aliphatic rings. The van der Waals surface area contributed by atoms with Crippen LogP contribution in [0.5, 0.6) is 0 Å². The van der Waals surface area contributed by atoms with Gasteiger partial charge in [0, 0.05) is 46.8 Å². The summed E-state index contributed by atoms with van der Waals surface area (Å²) >= 11 is 1.03. The number of hydrogen-bond acceptors (Lipinski definition) is 13. The van der Waals surface area contributed by atoms with Crippen molar-refractivity contribution in [3.05, 3.63) is 35.9 Å². The molecule has 1 amide bonds. The van der Waals surface area contributed by atoms with Gasteiger partial charge in [0.05, 0.1) is 13.2 Å². The Morgan fingerprint density at radius 3 is 2.10 bits per heavy atom. The Bertz CT molecular complexity index is 1110. The van der Waals surface area contributed by atoms with Gasteiger partial charge < -0.3 is 33.7 Å². The molecule has 0 radical (unpaired) electrons. The van der Waals surface area contributed by atoms with Crippen molar-refractivity contribution >= 4 is 47.5 Å². The lowest BCUT2D eigenvalue weighted by molar-refractivity contribution is -0.224. The van der Waals surface area contributed by atoms with Crippen molar-refractivity contribution in [2.75, 3.05) is 13.7 Å². The quantitative estimate of drug-likeness (QED) is 0.271. The Morgan fingerprint density at radius 2 is 1.59 bits per heavy atom. The molecule has 0 spiro atoms. The third-order valence-electron chi connectivity index (χ3n) is 5.81. The van der Waals surface area contributed by atoms with Crippen molar-refractivity contribution in [1.82, 2.24) is 5.32 Å². The lowest BCUT2D eigenvalue weighted by atomic mass is 9.89. The van der Waals surface area contributed by atoms with Crippen LogP contribution in [0.25, 0.3) is 0 Å². The first-order valence-corrected chi connectivity index (χ1v) is 13.6. The summed E-state index contributed by atoms with van der Waals surface area (Å²) in [4.78, 5) is 71.9. The molecule has 1 saturated heterocycles. The third kappa shape index (κ3) is 10.0. The van der Waals surface area contributed by atoms with Gasteiger partial charge in [0.2, 0.25) is 10.8 Å². The molecule has 1 aromatic rings. The van der Waals surface area contributed by atoms with Crippen molar-refractivity contribution < 1.29 is 57.2 Å². The van der Waals surface area contributed by atoms with Crippen molar-refractivity contribution in [2.24, 2.45) is 0 Å². The molecule has 14 heteroatoms. The van der Waals surface area contributed by atoms with Crippen LogP contribution in [-0.4, -0.2) is 84.9 Å². The van der Waals surface area contributed by atoms with Crippen molar-refractivity contribution in [3.63, 3.8) is 0 Å². The number of ether oxygens (including phenoxy) is 6. The molecule has 226 valence electrons. The Morgan fingerprint density at radius 1 is 0.951 bits per heavy atom. The average Bonchev–Trinajstić information content (AvgIpc) is 2.89. The van der Waals surface area contributed by atoms with Crippen LogP contribution in [0.3, 0.4) is 0 Å². The maximum absolute atomic E-state index is 13.4. The molecule has 0 unspecified atom stereocenters. The molecule has 0 bridgehead atoms. The minimum absolute atomic E-state index is 0.249. The zero-order valence-electron chi connectivity index (χ0n) is 23.7. The number of esters is 5. The highest BCUT2D eigenvalue weighted by atomic mass is 32.2. The van der Waals surface area contributed by atoms with E-state index in [2.05, 4.69) is 5.32 Å². The van der Waals surface area contributed by atoms with Crippen LogP contribution in [-0.2, 0) is 62.9 Å². The SMILES string of the molecule is COC(=O)[C@@]1(SCc2ccccc2)C[C@H](OC(C)=O)[C@@H](NC(C)=O)[C@H]([C@H](OC(C)=O)[C@@H](COC(C)=O)OC(C)=O)O1. The third-order valence-corrected chi connectivity index (χ3v) is 7.18. The van der Waals surface area contributed by atoms with Crippen molar-refractivity contribution in [1.29, 1.82) is 0 Å². The number of nitrogens with one attached hydrogen (secondary N) is 1. The summed E-state index contributed by atoms with van der Waals surface area (Å²) in [6, 6.07) is 7.92. The fraction of sp³-hybridized carbons (Fsp3) is 0.556. The number of rotatable bonds is 12. The molecule has 1 N–H and O–H groups in total. The van der Waals surface area contributed by atoms with E-state index in [-0.39, 0.29) is 12.2 Å². The van der Waals surface area contributed by atoms with E-state index >= 15 is 0 Å². The number of carbonyl (C=O) groups is 6. The molecule has 0 saturated carbocycles. The number of thioether (sulfide) groups is 1. The molecule has 1 aliphatic heterocycles. The van der Waals surface area contributed by atoms with E-state index in [9.17, 15) is 28.8 Å². The van der Waals surface area contributed by atoms with E-state index in [0.29, 0.717) is 0 Å². The van der Waals surface area contributed by atoms with Crippen LogP contribution in [0, 0.1) is 0 Å². The number of carbonyl (C=O) groups excluding carboxylic acids is 6. The molecule has 1 aromatic carbocycles. The second-order valence-electron chi connectivity index (χ2n) is 9.20. The molecular weight excluding hydrogens is 562 g/mol. The van der Waals surface area contributed by atoms with E-state index in [0.717, 1.165) is 52.1 Å². The molecule has 0 aliphatic carbocycles. The Labute approximate surface area is 241 Å². The van der Waals surface area contributed by atoms with Gasteiger partial charge in [0.1, 0.15) is 18.8 Å². The highest BCUT2D eigenvalue weighted by Crippen LogP contribution is 2.44. The highest BCUT2D eigenvalue weighted by Gasteiger charge is 2.58. The standard InChI is InChI=1S/C27H35NO12S/c1-15(29)28-23-21(37-17(3)31)12-27(26(34)35-6,41-14-20-10-8-7-9-11-20)40-25(23)24(39-19(5)33)22(38-18(4)32)13-36-16(2)30/h7-11,21-25H,12-14H2,1-6H3,(H,28,29)/t21-,22+,23+,24+,25+,27-/m0/s1. The fourth-order valence-electron chi connectivity index (χ4n) is 4.32. The van der Waals surface area contributed by atoms with Crippen LogP contribution in [0.15, 0.2) is 30.3 Å². The maximum Gasteiger partial charge on any atom is 0.349 e. The average molecular weight is 598 g/mol. The van der Waals surface area contributed by atoms with Crippen LogP contribution >= 0.6 is 11.8 Å². The van der Waals surface area contributed by atoms with Gasteiger partial charge in [-0.3, -0.25) is 24.0 Å². The maximum atomic E-state index is 13.4. The Kier molecular flexibility index (Phi) is 12.6. The number of amides is 1. The van der Waals surface area contributed by atoms with Crippen molar-refractivity contribution in [2.45, 2.75) is 82.2 Å². The smallest absolute Gasteiger partial charge is 0.349 e. The lowest BCUT2D eigenvalue weighted by Crippen LogP contribution is -2.68. The van der Waals surface area contributed by atoms with E-state index in [4.69, 9.17) is 28.4 Å². The number of methoxy groups -OCH3 is 1. The number of benzene rings is 1. The van der Waals surface area contributed by atoms with Gasteiger partial charge in [-0.25, -0.2) is 4.79 Å². The Balaban J connectivity index is 2.71. The predicted molar refractivity (Wildman–Crippen MR) is 143 cm³/mol. The van der Waals surface area contributed by atoms with Crippen LogP contribution in [0.4, 0.5) is 0 Å². The first-order valence-electron chi connectivity index (χ1n) is 12.6. The van der Waals surface area contributed by atoms with E-state index < -0.39 is 77.8 Å². The molecule has 0 aromatic heterocycles. The summed E-state index contributed by atoms with van der Waals surface area (Å²) in [5, 5.41) is 2.64. The number of hydrogen-bond donors (Lipinski definition) is 1. The molecule has 2 rings (SSSR count). The Hall–Kier alpha value is -3.65. The van der Waals surface area contributed by atoms with Gasteiger partial charge in [-0.1, -0.05) is 30.3 Å². The van der Waals surface area contributed by atoms with Crippen LogP contribution < -0.4 is 5.32 Å². The van der Waals surface area contributed by atoms with Gasteiger partial charge in [-0.15, -0.1) is 11.8 Å². The zero-order chi connectivity index (χ0) is 30.7. The summed E-state index contributed by atoms with van der Waals surface area (Å²) < 4.78 is 33.0. The summed E-state index contributed by atoms with van der Waals surface area (Å²) in [6.07, 6.45) is -5.91. The minimum atomic E-state index is -1.84. The van der Waals surface area contributed by atoms with Gasteiger partial charge in [0.15, 0.2) is 12.2 Å². The van der Waals surface area contributed by atoms with Gasteiger partial charge in [0.25, 0.3) is 0 Å².